The Morgan fingerprint density at radius 3 is 2.93 bits per heavy atom. The maximum Gasteiger partial charge on any atom is 0.142 e. The molecule has 1 aromatic carbocycles. The number of hydrogen-bond acceptors (Lipinski definition) is 2. The molecule has 2 aromatic rings. The summed E-state index contributed by atoms with van der Waals surface area (Å²) in [5.74, 6) is -0.582. The number of benzene rings is 1. The highest BCUT2D eigenvalue weighted by atomic mass is 19.1. The molecule has 0 radical (unpaired) electrons. The monoisotopic (exact) mass is 192 g/mol. The van der Waals surface area contributed by atoms with E-state index < -0.39 is 5.82 Å². The van der Waals surface area contributed by atoms with E-state index in [0.29, 0.717) is 16.6 Å². The van der Waals surface area contributed by atoms with Crippen LogP contribution >= 0.6 is 0 Å². The van der Waals surface area contributed by atoms with Crippen LogP contribution in [0, 0.1) is 11.2 Å². The van der Waals surface area contributed by atoms with Gasteiger partial charge in [0.1, 0.15) is 17.3 Å². The Kier molecular flexibility index (Phi) is 1.73. The van der Waals surface area contributed by atoms with Gasteiger partial charge in [-0.25, -0.2) is 4.39 Å². The number of amidine groups is 1. The lowest BCUT2D eigenvalue weighted by Gasteiger charge is -1.98. The standard InChI is InChI=1S/C9H9FN4/c1-14-8(9(11)12)7-5(10)3-2-4-6(7)13-14/h2-4H,1H3,(H3,11,12). The maximum atomic E-state index is 13.4. The summed E-state index contributed by atoms with van der Waals surface area (Å²) in [5, 5.41) is 11.7. The summed E-state index contributed by atoms with van der Waals surface area (Å²) >= 11 is 0. The van der Waals surface area contributed by atoms with Gasteiger partial charge in [-0.15, -0.1) is 0 Å². The van der Waals surface area contributed by atoms with Crippen molar-refractivity contribution in [1.82, 2.24) is 9.78 Å². The van der Waals surface area contributed by atoms with Gasteiger partial charge in [0.25, 0.3) is 0 Å². The van der Waals surface area contributed by atoms with Gasteiger partial charge < -0.3 is 5.73 Å². The average molecular weight is 192 g/mol. The molecule has 1 heterocycles. The fraction of sp³-hybridized carbons (Fsp3) is 0.111. The van der Waals surface area contributed by atoms with E-state index >= 15 is 0 Å². The van der Waals surface area contributed by atoms with Crippen LogP contribution in [0.3, 0.4) is 0 Å². The molecular formula is C9H9FN4. The Morgan fingerprint density at radius 2 is 2.29 bits per heavy atom. The molecule has 0 atom stereocenters. The highest BCUT2D eigenvalue weighted by molar-refractivity contribution is 6.05. The van der Waals surface area contributed by atoms with Crippen molar-refractivity contribution in [3.8, 4) is 0 Å². The quantitative estimate of drug-likeness (QED) is 0.522. The Bertz CT molecular complexity index is 515. The Hall–Kier alpha value is -1.91. The van der Waals surface area contributed by atoms with Crippen LogP contribution < -0.4 is 5.73 Å². The van der Waals surface area contributed by atoms with Gasteiger partial charge in [0, 0.05) is 7.05 Å². The predicted molar refractivity (Wildman–Crippen MR) is 51.7 cm³/mol. The smallest absolute Gasteiger partial charge is 0.142 e. The molecule has 0 aliphatic carbocycles. The van der Waals surface area contributed by atoms with Crippen molar-refractivity contribution >= 4 is 16.7 Å². The fourth-order valence-electron chi connectivity index (χ4n) is 1.51. The van der Waals surface area contributed by atoms with Crippen molar-refractivity contribution in [3.63, 3.8) is 0 Å². The molecule has 0 saturated carbocycles. The molecule has 0 fully saturated rings. The number of rotatable bonds is 1. The number of fused-ring (bicyclic) bond motifs is 1. The fourth-order valence-corrected chi connectivity index (χ4v) is 1.51. The molecule has 4 nitrogen and oxygen atoms in total. The van der Waals surface area contributed by atoms with E-state index in [-0.39, 0.29) is 5.84 Å². The van der Waals surface area contributed by atoms with E-state index in [1.807, 2.05) is 0 Å². The van der Waals surface area contributed by atoms with Crippen LogP contribution in [0.2, 0.25) is 0 Å². The number of halogens is 1. The largest absolute Gasteiger partial charge is 0.382 e. The number of nitrogens with zero attached hydrogens (tertiary/aromatic N) is 2. The van der Waals surface area contributed by atoms with Crippen molar-refractivity contribution < 1.29 is 4.39 Å². The summed E-state index contributed by atoms with van der Waals surface area (Å²) in [4.78, 5) is 0. The Balaban J connectivity index is 2.93. The van der Waals surface area contributed by atoms with E-state index in [1.54, 1.807) is 19.2 Å². The lowest BCUT2D eigenvalue weighted by Crippen LogP contribution is -2.16. The van der Waals surface area contributed by atoms with Gasteiger partial charge in [-0.05, 0) is 12.1 Å². The van der Waals surface area contributed by atoms with Gasteiger partial charge in [0.15, 0.2) is 0 Å². The van der Waals surface area contributed by atoms with E-state index in [2.05, 4.69) is 5.10 Å². The first-order valence-electron chi connectivity index (χ1n) is 4.07. The minimum absolute atomic E-state index is 0.180. The molecule has 0 spiro atoms. The van der Waals surface area contributed by atoms with Gasteiger partial charge in [0.05, 0.1) is 10.9 Å². The molecule has 3 N–H and O–H groups in total. The molecule has 0 amide bonds. The summed E-state index contributed by atoms with van der Waals surface area (Å²) in [5.41, 5.74) is 6.18. The van der Waals surface area contributed by atoms with Crippen LogP contribution in [0.5, 0.6) is 0 Å². The maximum absolute atomic E-state index is 13.4. The SMILES string of the molecule is Cn1nc2cccc(F)c2c1C(=N)N. The van der Waals surface area contributed by atoms with E-state index in [0.717, 1.165) is 0 Å². The zero-order valence-corrected chi connectivity index (χ0v) is 7.58. The first-order chi connectivity index (χ1) is 6.61. The minimum Gasteiger partial charge on any atom is -0.382 e. The zero-order valence-electron chi connectivity index (χ0n) is 7.58. The summed E-state index contributed by atoms with van der Waals surface area (Å²) in [6.07, 6.45) is 0. The third-order valence-corrected chi connectivity index (χ3v) is 2.06. The molecule has 72 valence electrons. The van der Waals surface area contributed by atoms with Gasteiger partial charge in [-0.2, -0.15) is 5.10 Å². The third-order valence-electron chi connectivity index (χ3n) is 2.06. The molecule has 2 rings (SSSR count). The molecule has 0 aliphatic heterocycles. The lowest BCUT2D eigenvalue weighted by atomic mass is 10.2. The summed E-state index contributed by atoms with van der Waals surface area (Å²) in [7, 11) is 1.64. The van der Waals surface area contributed by atoms with Crippen molar-refractivity contribution in [1.29, 1.82) is 5.41 Å². The summed E-state index contributed by atoms with van der Waals surface area (Å²) in [6.45, 7) is 0. The highest BCUT2D eigenvalue weighted by Crippen LogP contribution is 2.20. The van der Waals surface area contributed by atoms with Crippen molar-refractivity contribution in [3.05, 3.63) is 29.7 Å². The normalized spacial score (nSPS) is 10.7. The Labute approximate surface area is 79.6 Å². The molecule has 0 bridgehead atoms. The van der Waals surface area contributed by atoms with Crippen LogP contribution in [-0.2, 0) is 7.05 Å². The van der Waals surface area contributed by atoms with Crippen molar-refractivity contribution in [2.45, 2.75) is 0 Å². The van der Waals surface area contributed by atoms with Crippen LogP contribution in [-0.4, -0.2) is 15.6 Å². The first kappa shape index (κ1) is 8.68. The van der Waals surface area contributed by atoms with Gasteiger partial charge >= 0.3 is 0 Å². The number of nitrogens with one attached hydrogen (secondary N) is 1. The van der Waals surface area contributed by atoms with Gasteiger partial charge in [0.2, 0.25) is 0 Å². The first-order valence-corrected chi connectivity index (χ1v) is 4.07. The summed E-state index contributed by atoms with van der Waals surface area (Å²) in [6, 6.07) is 4.59. The molecular weight excluding hydrogens is 183 g/mol. The molecule has 5 heteroatoms. The van der Waals surface area contributed by atoms with Crippen LogP contribution in [0.1, 0.15) is 5.69 Å². The molecule has 14 heavy (non-hydrogen) atoms. The number of aryl methyl sites for hydroxylation is 1. The topological polar surface area (TPSA) is 67.7 Å². The zero-order chi connectivity index (χ0) is 10.3. The number of nitrogens with two attached hydrogens (primary N) is 1. The number of nitrogen functional groups attached to an aromatic ring is 1. The third kappa shape index (κ3) is 1.06. The lowest BCUT2D eigenvalue weighted by molar-refractivity contribution is 0.639. The van der Waals surface area contributed by atoms with Gasteiger partial charge in [-0.3, -0.25) is 10.1 Å². The van der Waals surface area contributed by atoms with E-state index in [1.165, 1.54) is 10.7 Å². The second-order valence-corrected chi connectivity index (χ2v) is 3.02. The second-order valence-electron chi connectivity index (χ2n) is 3.02. The predicted octanol–water partition coefficient (Wildman–Crippen LogP) is 0.996. The minimum atomic E-state index is -0.402. The van der Waals surface area contributed by atoms with E-state index in [4.69, 9.17) is 11.1 Å². The average Bonchev–Trinajstić information content (AvgIpc) is 2.42. The van der Waals surface area contributed by atoms with Crippen LogP contribution in [0.25, 0.3) is 10.9 Å². The van der Waals surface area contributed by atoms with Crippen molar-refractivity contribution in [2.24, 2.45) is 12.8 Å². The van der Waals surface area contributed by atoms with Crippen molar-refractivity contribution in [2.75, 3.05) is 0 Å². The van der Waals surface area contributed by atoms with Gasteiger partial charge in [-0.1, -0.05) is 6.07 Å². The number of aromatic nitrogens is 2. The van der Waals surface area contributed by atoms with Crippen LogP contribution in [0.15, 0.2) is 18.2 Å². The van der Waals surface area contributed by atoms with E-state index in [9.17, 15) is 4.39 Å². The molecule has 0 aliphatic rings. The number of hydrogen-bond donors (Lipinski definition) is 2. The summed E-state index contributed by atoms with van der Waals surface area (Å²) < 4.78 is 14.8. The van der Waals surface area contributed by atoms with Crippen LogP contribution in [0.4, 0.5) is 4.39 Å². The Morgan fingerprint density at radius 1 is 1.57 bits per heavy atom. The second kappa shape index (κ2) is 2.80. The molecule has 0 saturated heterocycles. The highest BCUT2D eigenvalue weighted by Gasteiger charge is 2.14. The molecule has 0 unspecified atom stereocenters. The molecule has 1 aromatic heterocycles.